The van der Waals surface area contributed by atoms with Crippen molar-refractivity contribution in [2.75, 3.05) is 6.54 Å². The molecule has 2 N–H and O–H groups in total. The largest absolute Gasteiger partial charge is 0.364 e. The molecular weight excluding hydrogens is 128 g/mol. The van der Waals surface area contributed by atoms with Gasteiger partial charge in [0.05, 0.1) is 0 Å². The number of nitrogens with two attached hydrogens (primary N) is 1. The fraction of sp³-hybridized carbons (Fsp3) is 0.286. The first-order chi connectivity index (χ1) is 4.84. The summed E-state index contributed by atoms with van der Waals surface area (Å²) in [7, 11) is 0. The van der Waals surface area contributed by atoms with Gasteiger partial charge in [-0.1, -0.05) is 11.7 Å². The van der Waals surface area contributed by atoms with Crippen LogP contribution in [0, 0.1) is 0 Å². The van der Waals surface area contributed by atoms with Gasteiger partial charge in [0, 0.05) is 6.07 Å². The molecule has 0 aliphatic heterocycles. The van der Waals surface area contributed by atoms with E-state index in [1.54, 1.807) is 6.07 Å². The van der Waals surface area contributed by atoms with Gasteiger partial charge in [-0.2, -0.15) is 0 Å². The highest BCUT2D eigenvalue weighted by Crippen LogP contribution is 2.11. The van der Waals surface area contributed by atoms with Crippen LogP contribution in [0.5, 0.6) is 0 Å². The van der Waals surface area contributed by atoms with Gasteiger partial charge in [0.2, 0.25) is 0 Å². The second kappa shape index (κ2) is 3.17. The van der Waals surface area contributed by atoms with Crippen molar-refractivity contribution in [3.8, 4) is 0 Å². The van der Waals surface area contributed by atoms with Gasteiger partial charge < -0.3 is 10.3 Å². The number of nitrogens with zero attached hydrogens (tertiary/aromatic N) is 1. The van der Waals surface area contributed by atoms with Gasteiger partial charge >= 0.3 is 0 Å². The molecule has 54 valence electrons. The third-order valence-corrected chi connectivity index (χ3v) is 1.25. The van der Waals surface area contributed by atoms with Crippen LogP contribution in [0.25, 0.3) is 5.57 Å². The lowest BCUT2D eigenvalue weighted by molar-refractivity contribution is 0.417. The predicted molar refractivity (Wildman–Crippen MR) is 39.2 cm³/mol. The molecule has 0 spiro atoms. The van der Waals surface area contributed by atoms with E-state index in [-0.39, 0.29) is 0 Å². The highest BCUT2D eigenvalue weighted by molar-refractivity contribution is 5.59. The number of aromatic nitrogens is 1. The van der Waals surface area contributed by atoms with Crippen LogP contribution in [0.3, 0.4) is 0 Å². The molecule has 0 amide bonds. The monoisotopic (exact) mass is 138 g/mol. The molecule has 1 heterocycles. The Morgan fingerprint density at radius 3 is 3.10 bits per heavy atom. The normalized spacial score (nSPS) is 9.70. The van der Waals surface area contributed by atoms with Gasteiger partial charge in [-0.25, -0.2) is 0 Å². The first-order valence-corrected chi connectivity index (χ1v) is 3.13. The summed E-state index contributed by atoms with van der Waals surface area (Å²) in [5.74, 6) is 0. The fourth-order valence-electron chi connectivity index (χ4n) is 0.697. The smallest absolute Gasteiger partial charge is 0.124 e. The number of hydrogen-bond acceptors (Lipinski definition) is 3. The molecule has 0 radical (unpaired) electrons. The molecule has 0 bridgehead atoms. The minimum atomic E-state index is 0.603. The van der Waals surface area contributed by atoms with E-state index in [4.69, 9.17) is 5.73 Å². The number of hydrogen-bond donors (Lipinski definition) is 1. The molecular formula is C7H10N2O. The molecule has 3 nitrogen and oxygen atoms in total. The molecule has 1 aromatic rings. The molecule has 0 atom stereocenters. The lowest BCUT2D eigenvalue weighted by Crippen LogP contribution is -1.99. The van der Waals surface area contributed by atoms with Gasteiger partial charge in [0.15, 0.2) is 0 Å². The Labute approximate surface area is 59.5 Å². The van der Waals surface area contributed by atoms with Crippen LogP contribution >= 0.6 is 0 Å². The average molecular weight is 138 g/mol. The lowest BCUT2D eigenvalue weighted by Gasteiger charge is -1.95. The van der Waals surface area contributed by atoms with Gasteiger partial charge in [0.25, 0.3) is 0 Å². The Morgan fingerprint density at radius 1 is 1.80 bits per heavy atom. The van der Waals surface area contributed by atoms with E-state index in [9.17, 15) is 0 Å². The molecule has 0 saturated carbocycles. The molecule has 0 aliphatic carbocycles. The van der Waals surface area contributed by atoms with Crippen LogP contribution in [0.1, 0.15) is 12.1 Å². The quantitative estimate of drug-likeness (QED) is 0.678. The lowest BCUT2D eigenvalue weighted by atomic mass is 10.1. The minimum Gasteiger partial charge on any atom is -0.364 e. The van der Waals surface area contributed by atoms with Crippen molar-refractivity contribution in [3.63, 3.8) is 0 Å². The van der Waals surface area contributed by atoms with Crippen molar-refractivity contribution < 1.29 is 4.52 Å². The van der Waals surface area contributed by atoms with Gasteiger partial charge in [0.1, 0.15) is 12.0 Å². The van der Waals surface area contributed by atoms with E-state index < -0.39 is 0 Å². The summed E-state index contributed by atoms with van der Waals surface area (Å²) in [6, 6.07) is 1.78. The Morgan fingerprint density at radius 2 is 2.60 bits per heavy atom. The van der Waals surface area contributed by atoms with E-state index in [1.165, 1.54) is 6.26 Å². The third-order valence-electron chi connectivity index (χ3n) is 1.25. The Balaban J connectivity index is 2.59. The Kier molecular flexibility index (Phi) is 2.23. The number of rotatable bonds is 3. The van der Waals surface area contributed by atoms with E-state index in [2.05, 4.69) is 16.3 Å². The standard InChI is InChI=1S/C7H10N2O/c1-6(2-4-8)7-3-5-10-9-7/h3,5H,1-2,4,8H2. The van der Waals surface area contributed by atoms with Crippen LogP contribution in [-0.2, 0) is 0 Å². The molecule has 0 unspecified atom stereocenters. The minimum absolute atomic E-state index is 0.603. The predicted octanol–water partition coefficient (Wildman–Crippen LogP) is 1.04. The van der Waals surface area contributed by atoms with Crippen molar-refractivity contribution in [1.29, 1.82) is 0 Å². The van der Waals surface area contributed by atoms with Crippen molar-refractivity contribution >= 4 is 5.57 Å². The van der Waals surface area contributed by atoms with E-state index in [0.29, 0.717) is 6.54 Å². The van der Waals surface area contributed by atoms with Crippen LogP contribution in [-0.4, -0.2) is 11.7 Å². The molecule has 1 rings (SSSR count). The van der Waals surface area contributed by atoms with Crippen LogP contribution in [0.15, 0.2) is 23.4 Å². The molecule has 3 heteroatoms. The van der Waals surface area contributed by atoms with Crippen molar-refractivity contribution in [2.45, 2.75) is 6.42 Å². The maximum absolute atomic E-state index is 5.32. The van der Waals surface area contributed by atoms with Gasteiger partial charge in [-0.05, 0) is 18.5 Å². The maximum atomic E-state index is 5.32. The summed E-state index contributed by atoms with van der Waals surface area (Å²) in [4.78, 5) is 0. The molecule has 0 saturated heterocycles. The Hall–Kier alpha value is -1.09. The van der Waals surface area contributed by atoms with Crippen LogP contribution < -0.4 is 5.73 Å². The zero-order chi connectivity index (χ0) is 7.40. The zero-order valence-corrected chi connectivity index (χ0v) is 5.71. The zero-order valence-electron chi connectivity index (χ0n) is 5.71. The summed E-state index contributed by atoms with van der Waals surface area (Å²) in [5.41, 5.74) is 7.04. The van der Waals surface area contributed by atoms with Crippen LogP contribution in [0.2, 0.25) is 0 Å². The molecule has 0 aliphatic rings. The highest BCUT2D eigenvalue weighted by Gasteiger charge is 1.99. The third kappa shape index (κ3) is 1.45. The van der Waals surface area contributed by atoms with E-state index in [1.807, 2.05) is 0 Å². The maximum Gasteiger partial charge on any atom is 0.124 e. The molecule has 1 aromatic heterocycles. The Bertz CT molecular complexity index is 203. The van der Waals surface area contributed by atoms with Gasteiger partial charge in [-0.3, -0.25) is 0 Å². The summed E-state index contributed by atoms with van der Waals surface area (Å²) in [5, 5.41) is 3.70. The molecule has 10 heavy (non-hydrogen) atoms. The first kappa shape index (κ1) is 7.02. The summed E-state index contributed by atoms with van der Waals surface area (Å²) in [6.07, 6.45) is 2.30. The summed E-state index contributed by atoms with van der Waals surface area (Å²) >= 11 is 0. The first-order valence-electron chi connectivity index (χ1n) is 3.13. The second-order valence-electron chi connectivity index (χ2n) is 2.03. The molecule has 0 fully saturated rings. The van der Waals surface area contributed by atoms with E-state index in [0.717, 1.165) is 17.7 Å². The van der Waals surface area contributed by atoms with Crippen molar-refractivity contribution in [3.05, 3.63) is 24.6 Å². The van der Waals surface area contributed by atoms with Crippen LogP contribution in [0.4, 0.5) is 0 Å². The topological polar surface area (TPSA) is 52.0 Å². The highest BCUT2D eigenvalue weighted by atomic mass is 16.5. The average Bonchev–Trinajstić information content (AvgIpc) is 2.38. The molecule has 0 aromatic carbocycles. The fourth-order valence-corrected chi connectivity index (χ4v) is 0.697. The van der Waals surface area contributed by atoms with Gasteiger partial charge in [-0.15, -0.1) is 0 Å². The van der Waals surface area contributed by atoms with E-state index >= 15 is 0 Å². The summed E-state index contributed by atoms with van der Waals surface area (Å²) in [6.45, 7) is 4.39. The SMILES string of the molecule is C=C(CCN)c1ccon1. The summed E-state index contributed by atoms with van der Waals surface area (Å²) < 4.78 is 4.63. The van der Waals surface area contributed by atoms with Crippen molar-refractivity contribution in [2.24, 2.45) is 5.73 Å². The van der Waals surface area contributed by atoms with Crippen molar-refractivity contribution in [1.82, 2.24) is 5.16 Å². The second-order valence-corrected chi connectivity index (χ2v) is 2.03.